The molecule has 4 heteroatoms. The Hall–Kier alpha value is -3.27. The van der Waals surface area contributed by atoms with Gasteiger partial charge in [0, 0.05) is 5.69 Å². The van der Waals surface area contributed by atoms with Gasteiger partial charge in [0.15, 0.2) is 0 Å². The third-order valence-corrected chi connectivity index (χ3v) is 4.74. The minimum absolute atomic E-state index is 0.118. The van der Waals surface area contributed by atoms with Crippen LogP contribution in [0.4, 0.5) is 10.5 Å². The van der Waals surface area contributed by atoms with Crippen molar-refractivity contribution in [2.45, 2.75) is 19.4 Å². The first kappa shape index (κ1) is 17.2. The number of carbonyl (C=O) groups excluding carboxylic acids is 1. The highest BCUT2D eigenvalue weighted by molar-refractivity contribution is 5.90. The molecular formula is C23H21NO3. The molecule has 1 aliphatic rings. The summed E-state index contributed by atoms with van der Waals surface area (Å²) in [6, 6.07) is 25.4. The molecule has 1 aliphatic heterocycles. The number of cyclic esters (lactones) is 1. The Kier molecular flexibility index (Phi) is 4.79. The van der Waals surface area contributed by atoms with Crippen LogP contribution in [0.3, 0.4) is 0 Å². The predicted octanol–water partition coefficient (Wildman–Crippen LogP) is 5.74. The van der Waals surface area contributed by atoms with Gasteiger partial charge in [-0.25, -0.2) is 4.79 Å². The van der Waals surface area contributed by atoms with Crippen LogP contribution in [0.2, 0.25) is 0 Å². The normalized spacial score (nSPS) is 16.3. The van der Waals surface area contributed by atoms with Crippen LogP contribution >= 0.6 is 0 Å². The first-order valence-corrected chi connectivity index (χ1v) is 9.12. The van der Waals surface area contributed by atoms with Gasteiger partial charge in [-0.05, 0) is 53.9 Å². The number of nitrogens with zero attached hydrogens (tertiary/aromatic N) is 1. The number of rotatable bonds is 5. The lowest BCUT2D eigenvalue weighted by Gasteiger charge is -2.22. The SMILES string of the molecule is CCc1ccc(Oc2ccc(N3C(=O)OC[C@@H]3c3ccccc3)cc2)cc1. The zero-order valence-electron chi connectivity index (χ0n) is 15.2. The van der Waals surface area contributed by atoms with Gasteiger partial charge >= 0.3 is 6.09 Å². The fourth-order valence-electron chi connectivity index (χ4n) is 3.23. The maximum atomic E-state index is 12.3. The Labute approximate surface area is 159 Å². The molecule has 0 saturated carbocycles. The smallest absolute Gasteiger partial charge is 0.415 e. The van der Waals surface area contributed by atoms with Gasteiger partial charge in [-0.1, -0.05) is 49.4 Å². The Morgan fingerprint density at radius 1 is 0.926 bits per heavy atom. The molecule has 4 nitrogen and oxygen atoms in total. The molecule has 27 heavy (non-hydrogen) atoms. The fraction of sp³-hybridized carbons (Fsp3) is 0.174. The van der Waals surface area contributed by atoms with Crippen molar-refractivity contribution < 1.29 is 14.3 Å². The third kappa shape index (κ3) is 3.65. The number of ether oxygens (including phenoxy) is 2. The van der Waals surface area contributed by atoms with E-state index in [1.165, 1.54) is 5.56 Å². The summed E-state index contributed by atoms with van der Waals surface area (Å²) in [6.45, 7) is 2.48. The molecule has 0 bridgehead atoms. The van der Waals surface area contributed by atoms with E-state index in [9.17, 15) is 4.79 Å². The lowest BCUT2D eigenvalue weighted by atomic mass is 10.1. The Morgan fingerprint density at radius 3 is 2.19 bits per heavy atom. The summed E-state index contributed by atoms with van der Waals surface area (Å²) in [5, 5.41) is 0. The molecule has 1 atom stereocenters. The van der Waals surface area contributed by atoms with E-state index in [4.69, 9.17) is 9.47 Å². The highest BCUT2D eigenvalue weighted by Crippen LogP contribution is 2.34. The molecule has 1 heterocycles. The summed E-state index contributed by atoms with van der Waals surface area (Å²) in [7, 11) is 0. The van der Waals surface area contributed by atoms with E-state index < -0.39 is 0 Å². The topological polar surface area (TPSA) is 38.8 Å². The van der Waals surface area contributed by atoms with Crippen LogP contribution in [0.25, 0.3) is 0 Å². The lowest BCUT2D eigenvalue weighted by molar-refractivity contribution is 0.179. The minimum atomic E-state index is -0.326. The van der Waals surface area contributed by atoms with Crippen molar-refractivity contribution in [2.75, 3.05) is 11.5 Å². The van der Waals surface area contributed by atoms with Crippen LogP contribution < -0.4 is 9.64 Å². The first-order valence-electron chi connectivity index (χ1n) is 9.12. The van der Waals surface area contributed by atoms with Crippen molar-refractivity contribution in [2.24, 2.45) is 0 Å². The second kappa shape index (κ2) is 7.54. The van der Waals surface area contributed by atoms with Crippen LogP contribution in [0.1, 0.15) is 24.1 Å². The average molecular weight is 359 g/mol. The monoisotopic (exact) mass is 359 g/mol. The van der Waals surface area contributed by atoms with E-state index in [1.807, 2.05) is 66.7 Å². The molecule has 0 aromatic heterocycles. The molecule has 0 N–H and O–H groups in total. The van der Waals surface area contributed by atoms with Crippen molar-refractivity contribution in [3.05, 3.63) is 90.0 Å². The summed E-state index contributed by atoms with van der Waals surface area (Å²) in [4.78, 5) is 14.0. The zero-order valence-corrected chi connectivity index (χ0v) is 15.2. The molecule has 1 amide bonds. The maximum absolute atomic E-state index is 12.3. The van der Waals surface area contributed by atoms with E-state index in [2.05, 4.69) is 19.1 Å². The number of amides is 1. The quantitative estimate of drug-likeness (QED) is 0.583. The minimum Gasteiger partial charge on any atom is -0.457 e. The lowest BCUT2D eigenvalue weighted by Crippen LogP contribution is -2.27. The number of aryl methyl sites for hydroxylation is 1. The Balaban J connectivity index is 1.52. The van der Waals surface area contributed by atoms with Crippen LogP contribution in [0.5, 0.6) is 11.5 Å². The Bertz CT molecular complexity index is 905. The summed E-state index contributed by atoms with van der Waals surface area (Å²) < 4.78 is 11.2. The average Bonchev–Trinajstić information content (AvgIpc) is 3.11. The molecule has 0 unspecified atom stereocenters. The second-order valence-electron chi connectivity index (χ2n) is 6.47. The third-order valence-electron chi connectivity index (χ3n) is 4.74. The van der Waals surface area contributed by atoms with E-state index in [0.29, 0.717) is 6.61 Å². The van der Waals surface area contributed by atoms with Gasteiger partial charge in [-0.15, -0.1) is 0 Å². The Morgan fingerprint density at radius 2 is 1.56 bits per heavy atom. The van der Waals surface area contributed by atoms with Crippen molar-refractivity contribution in [3.8, 4) is 11.5 Å². The number of carbonyl (C=O) groups is 1. The fourth-order valence-corrected chi connectivity index (χ4v) is 3.23. The first-order chi connectivity index (χ1) is 13.2. The maximum Gasteiger partial charge on any atom is 0.415 e. The number of benzene rings is 3. The van der Waals surface area contributed by atoms with Crippen molar-refractivity contribution in [1.82, 2.24) is 0 Å². The molecule has 4 rings (SSSR count). The molecule has 3 aromatic carbocycles. The number of anilines is 1. The number of hydrogen-bond acceptors (Lipinski definition) is 3. The molecule has 0 aliphatic carbocycles. The van der Waals surface area contributed by atoms with Gasteiger partial charge in [0.2, 0.25) is 0 Å². The van der Waals surface area contributed by atoms with E-state index >= 15 is 0 Å². The van der Waals surface area contributed by atoms with Gasteiger partial charge in [-0.2, -0.15) is 0 Å². The predicted molar refractivity (Wildman–Crippen MR) is 105 cm³/mol. The molecule has 1 fully saturated rings. The van der Waals surface area contributed by atoms with Crippen molar-refractivity contribution in [1.29, 1.82) is 0 Å². The molecular weight excluding hydrogens is 338 g/mol. The van der Waals surface area contributed by atoms with E-state index in [-0.39, 0.29) is 12.1 Å². The molecule has 0 radical (unpaired) electrons. The van der Waals surface area contributed by atoms with Crippen molar-refractivity contribution >= 4 is 11.8 Å². The summed E-state index contributed by atoms with van der Waals surface area (Å²) >= 11 is 0. The largest absolute Gasteiger partial charge is 0.457 e. The zero-order chi connectivity index (χ0) is 18.6. The van der Waals surface area contributed by atoms with E-state index in [1.54, 1.807) is 4.90 Å². The molecule has 136 valence electrons. The number of hydrogen-bond donors (Lipinski definition) is 0. The van der Waals surface area contributed by atoms with Gasteiger partial charge in [0.1, 0.15) is 18.1 Å². The molecule has 0 spiro atoms. The summed E-state index contributed by atoms with van der Waals surface area (Å²) in [6.07, 6.45) is 0.677. The van der Waals surface area contributed by atoms with Crippen LogP contribution in [-0.2, 0) is 11.2 Å². The van der Waals surface area contributed by atoms with Crippen molar-refractivity contribution in [3.63, 3.8) is 0 Å². The molecule has 3 aromatic rings. The van der Waals surface area contributed by atoms with Gasteiger partial charge in [-0.3, -0.25) is 4.90 Å². The van der Waals surface area contributed by atoms with Gasteiger partial charge in [0.05, 0.1) is 6.04 Å². The summed E-state index contributed by atoms with van der Waals surface area (Å²) in [5.41, 5.74) is 3.12. The van der Waals surface area contributed by atoms with Crippen LogP contribution in [0, 0.1) is 0 Å². The standard InChI is InChI=1S/C23H21NO3/c1-2-17-8-12-20(13-9-17)27-21-14-10-19(11-15-21)24-22(16-26-23(24)25)18-6-4-3-5-7-18/h3-15,22H,2,16H2,1H3/t22-/m1/s1. The highest BCUT2D eigenvalue weighted by atomic mass is 16.6. The highest BCUT2D eigenvalue weighted by Gasteiger charge is 2.35. The summed E-state index contributed by atoms with van der Waals surface area (Å²) in [5.74, 6) is 1.52. The second-order valence-corrected chi connectivity index (χ2v) is 6.47. The van der Waals surface area contributed by atoms with Crippen LogP contribution in [0.15, 0.2) is 78.9 Å². The van der Waals surface area contributed by atoms with Crippen LogP contribution in [-0.4, -0.2) is 12.7 Å². The molecule has 1 saturated heterocycles. The van der Waals surface area contributed by atoms with Gasteiger partial charge in [0.25, 0.3) is 0 Å². The van der Waals surface area contributed by atoms with Gasteiger partial charge < -0.3 is 9.47 Å². The van der Waals surface area contributed by atoms with E-state index in [0.717, 1.165) is 29.2 Å².